The maximum atomic E-state index is 12.1. The van der Waals surface area contributed by atoms with Gasteiger partial charge in [0.2, 0.25) is 0 Å². The van der Waals surface area contributed by atoms with Gasteiger partial charge in [0.1, 0.15) is 0 Å². The number of nitrogens with zero attached hydrogens (tertiary/aromatic N) is 2. The number of halogens is 2. The highest BCUT2D eigenvalue weighted by molar-refractivity contribution is 6.42. The molecule has 1 aromatic heterocycles. The lowest BCUT2D eigenvalue weighted by Gasteiger charge is -2.15. The summed E-state index contributed by atoms with van der Waals surface area (Å²) in [6, 6.07) is 5.39. The van der Waals surface area contributed by atoms with Crippen LogP contribution in [0.2, 0.25) is 10.0 Å². The van der Waals surface area contributed by atoms with Crippen LogP contribution in [0.4, 0.5) is 0 Å². The number of rotatable bonds is 4. The van der Waals surface area contributed by atoms with Crippen LogP contribution in [-0.2, 0) is 20.6 Å². The van der Waals surface area contributed by atoms with Crippen molar-refractivity contribution in [1.29, 1.82) is 0 Å². The number of benzene rings is 1. The van der Waals surface area contributed by atoms with Crippen molar-refractivity contribution in [3.63, 3.8) is 0 Å². The second-order valence-corrected chi connectivity index (χ2v) is 6.00. The molecule has 0 aliphatic heterocycles. The summed E-state index contributed by atoms with van der Waals surface area (Å²) in [5.41, 5.74) is 0.857. The van der Waals surface area contributed by atoms with Crippen LogP contribution >= 0.6 is 23.2 Å². The van der Waals surface area contributed by atoms with Gasteiger partial charge in [-0.25, -0.2) is 4.79 Å². The van der Waals surface area contributed by atoms with Crippen molar-refractivity contribution in [2.45, 2.75) is 19.5 Å². The Morgan fingerprint density at radius 2 is 1.86 bits per heavy atom. The number of aryl methyl sites for hydroxylation is 1. The van der Waals surface area contributed by atoms with Crippen LogP contribution in [0.15, 0.2) is 34.0 Å². The average Bonchev–Trinajstić information content (AvgIpc) is 2.49. The number of hydrogen-bond donors (Lipinski definition) is 1. The SMILES string of the molecule is CC(NCc1cn(C)c(=O)n(C)c1=O)c1ccc(Cl)c(Cl)c1. The molecule has 1 unspecified atom stereocenters. The van der Waals surface area contributed by atoms with E-state index in [2.05, 4.69) is 5.32 Å². The van der Waals surface area contributed by atoms with Gasteiger partial charge in [0.15, 0.2) is 0 Å². The molecule has 0 bridgehead atoms. The zero-order chi connectivity index (χ0) is 16.4. The fourth-order valence-electron chi connectivity index (χ4n) is 2.17. The molecule has 0 amide bonds. The van der Waals surface area contributed by atoms with Crippen molar-refractivity contribution < 1.29 is 0 Å². The first kappa shape index (κ1) is 16.8. The molecule has 118 valence electrons. The normalized spacial score (nSPS) is 12.4. The highest BCUT2D eigenvalue weighted by Crippen LogP contribution is 2.25. The Labute approximate surface area is 138 Å². The fourth-order valence-corrected chi connectivity index (χ4v) is 2.47. The first-order valence-corrected chi connectivity index (χ1v) is 7.50. The van der Waals surface area contributed by atoms with Gasteiger partial charge < -0.3 is 9.88 Å². The lowest BCUT2D eigenvalue weighted by molar-refractivity contribution is 0.559. The van der Waals surface area contributed by atoms with Gasteiger partial charge in [-0.15, -0.1) is 0 Å². The molecule has 0 radical (unpaired) electrons. The van der Waals surface area contributed by atoms with E-state index in [0.717, 1.165) is 10.1 Å². The third kappa shape index (κ3) is 3.43. The Kier molecular flexibility index (Phi) is 5.11. The van der Waals surface area contributed by atoms with Crippen molar-refractivity contribution in [2.75, 3.05) is 0 Å². The Bertz CT molecular complexity index is 811. The molecule has 7 heteroatoms. The second-order valence-electron chi connectivity index (χ2n) is 5.19. The summed E-state index contributed by atoms with van der Waals surface area (Å²) in [6.45, 7) is 2.31. The van der Waals surface area contributed by atoms with Gasteiger partial charge in [-0.05, 0) is 24.6 Å². The number of hydrogen-bond acceptors (Lipinski definition) is 3. The molecule has 1 atom stereocenters. The molecule has 0 fully saturated rings. The van der Waals surface area contributed by atoms with Crippen molar-refractivity contribution in [1.82, 2.24) is 14.5 Å². The van der Waals surface area contributed by atoms with E-state index in [-0.39, 0.29) is 17.3 Å². The third-order valence-corrected chi connectivity index (χ3v) is 4.30. The van der Waals surface area contributed by atoms with Crippen LogP contribution < -0.4 is 16.6 Å². The quantitative estimate of drug-likeness (QED) is 0.927. The maximum absolute atomic E-state index is 12.1. The van der Waals surface area contributed by atoms with Crippen LogP contribution in [0.5, 0.6) is 0 Å². The van der Waals surface area contributed by atoms with Gasteiger partial charge in [-0.2, -0.15) is 0 Å². The summed E-state index contributed by atoms with van der Waals surface area (Å²) >= 11 is 11.9. The van der Waals surface area contributed by atoms with Crippen molar-refractivity contribution in [2.24, 2.45) is 14.1 Å². The van der Waals surface area contributed by atoms with Crippen LogP contribution in [0.25, 0.3) is 0 Å². The molecular weight excluding hydrogens is 325 g/mol. The highest BCUT2D eigenvalue weighted by atomic mass is 35.5. The topological polar surface area (TPSA) is 56.0 Å². The zero-order valence-electron chi connectivity index (χ0n) is 12.6. The Morgan fingerprint density at radius 1 is 1.18 bits per heavy atom. The van der Waals surface area contributed by atoms with E-state index in [1.165, 1.54) is 11.6 Å². The first-order chi connectivity index (χ1) is 10.3. The zero-order valence-corrected chi connectivity index (χ0v) is 14.1. The molecule has 1 heterocycles. The van der Waals surface area contributed by atoms with Crippen molar-refractivity contribution in [3.05, 3.63) is 66.4 Å². The third-order valence-electron chi connectivity index (χ3n) is 3.56. The Hall–Kier alpha value is -1.56. The Balaban J connectivity index is 2.18. The minimum atomic E-state index is -0.341. The van der Waals surface area contributed by atoms with E-state index in [9.17, 15) is 9.59 Å². The first-order valence-electron chi connectivity index (χ1n) is 6.75. The van der Waals surface area contributed by atoms with Gasteiger partial charge in [0, 0.05) is 38.4 Å². The van der Waals surface area contributed by atoms with E-state index in [1.54, 1.807) is 25.4 Å². The minimum absolute atomic E-state index is 0.0169. The van der Waals surface area contributed by atoms with Gasteiger partial charge >= 0.3 is 5.69 Å². The summed E-state index contributed by atoms with van der Waals surface area (Å²) in [5, 5.41) is 4.24. The monoisotopic (exact) mass is 341 g/mol. The maximum Gasteiger partial charge on any atom is 0.330 e. The molecule has 0 aliphatic carbocycles. The summed E-state index contributed by atoms with van der Waals surface area (Å²) < 4.78 is 2.49. The molecular formula is C15H17Cl2N3O2. The van der Waals surface area contributed by atoms with Gasteiger partial charge in [-0.3, -0.25) is 9.36 Å². The molecule has 0 saturated heterocycles. The summed E-state index contributed by atoms with van der Waals surface area (Å²) in [5.74, 6) is 0. The largest absolute Gasteiger partial charge is 0.330 e. The molecule has 2 rings (SSSR count). The number of aromatic nitrogens is 2. The molecule has 22 heavy (non-hydrogen) atoms. The predicted molar refractivity (Wildman–Crippen MR) is 88.6 cm³/mol. The van der Waals surface area contributed by atoms with Crippen LogP contribution in [-0.4, -0.2) is 9.13 Å². The van der Waals surface area contributed by atoms with Crippen LogP contribution in [0.1, 0.15) is 24.1 Å². The van der Waals surface area contributed by atoms with E-state index >= 15 is 0 Å². The van der Waals surface area contributed by atoms with Gasteiger partial charge in [0.05, 0.1) is 10.0 Å². The molecule has 0 saturated carbocycles. The second kappa shape index (κ2) is 6.69. The molecule has 1 aromatic carbocycles. The van der Waals surface area contributed by atoms with Crippen LogP contribution in [0, 0.1) is 0 Å². The lowest BCUT2D eigenvalue weighted by Crippen LogP contribution is -2.39. The van der Waals surface area contributed by atoms with E-state index in [4.69, 9.17) is 23.2 Å². The highest BCUT2D eigenvalue weighted by Gasteiger charge is 2.10. The van der Waals surface area contributed by atoms with E-state index in [0.29, 0.717) is 22.2 Å². The van der Waals surface area contributed by atoms with Gasteiger partial charge in [0.25, 0.3) is 5.56 Å². The summed E-state index contributed by atoms with van der Waals surface area (Å²) in [4.78, 5) is 23.7. The van der Waals surface area contributed by atoms with Crippen molar-refractivity contribution >= 4 is 23.2 Å². The van der Waals surface area contributed by atoms with E-state index in [1.807, 2.05) is 13.0 Å². The van der Waals surface area contributed by atoms with Gasteiger partial charge in [-0.1, -0.05) is 29.3 Å². The average molecular weight is 342 g/mol. The molecule has 5 nitrogen and oxygen atoms in total. The molecule has 0 aliphatic rings. The number of nitrogens with one attached hydrogen (secondary N) is 1. The summed E-state index contributed by atoms with van der Waals surface area (Å²) in [7, 11) is 3.09. The molecule has 2 aromatic rings. The Morgan fingerprint density at radius 3 is 2.50 bits per heavy atom. The van der Waals surface area contributed by atoms with Crippen LogP contribution in [0.3, 0.4) is 0 Å². The lowest BCUT2D eigenvalue weighted by atomic mass is 10.1. The summed E-state index contributed by atoms with van der Waals surface area (Å²) in [6.07, 6.45) is 1.55. The smallest absolute Gasteiger partial charge is 0.306 e. The predicted octanol–water partition coefficient (Wildman–Crippen LogP) is 2.24. The standard InChI is InChI=1S/C15H17Cl2N3O2/c1-9(10-4-5-12(16)13(17)6-10)18-7-11-8-19(2)15(22)20(3)14(11)21/h4-6,8-9,18H,7H2,1-3H3. The fraction of sp³-hybridized carbons (Fsp3) is 0.333. The molecule has 1 N–H and O–H groups in total. The van der Waals surface area contributed by atoms with Crippen molar-refractivity contribution in [3.8, 4) is 0 Å². The van der Waals surface area contributed by atoms with E-state index < -0.39 is 0 Å². The minimum Gasteiger partial charge on any atom is -0.306 e. The molecule has 0 spiro atoms.